The summed E-state index contributed by atoms with van der Waals surface area (Å²) in [6.07, 6.45) is 0. The van der Waals surface area contributed by atoms with Gasteiger partial charge in [0.15, 0.2) is 0 Å². The van der Waals surface area contributed by atoms with Crippen molar-refractivity contribution in [2.75, 3.05) is 18.2 Å². The van der Waals surface area contributed by atoms with Gasteiger partial charge in [0, 0.05) is 10.6 Å². The maximum absolute atomic E-state index is 12.2. The van der Waals surface area contributed by atoms with E-state index in [2.05, 4.69) is 5.32 Å². The Kier molecular flexibility index (Phi) is 5.82. The monoisotopic (exact) mass is 329 g/mol. The average Bonchev–Trinajstić information content (AvgIpc) is 2.56. The number of methoxy groups -OCH3 is 1. The van der Waals surface area contributed by atoms with Gasteiger partial charge in [0.25, 0.3) is 0 Å². The van der Waals surface area contributed by atoms with Crippen molar-refractivity contribution < 1.29 is 14.3 Å². The second kappa shape index (κ2) is 7.83. The lowest BCUT2D eigenvalue weighted by atomic mass is 10.1. The molecule has 0 spiro atoms. The van der Waals surface area contributed by atoms with Crippen LogP contribution in [0.4, 0.5) is 5.69 Å². The number of nitrogens with one attached hydrogen (secondary N) is 1. The van der Waals surface area contributed by atoms with Crippen LogP contribution in [0.1, 0.15) is 21.5 Å². The van der Waals surface area contributed by atoms with E-state index in [1.165, 1.54) is 18.9 Å². The van der Waals surface area contributed by atoms with Gasteiger partial charge in [0.2, 0.25) is 5.91 Å². The molecule has 0 aliphatic rings. The predicted octanol–water partition coefficient (Wildman–Crippen LogP) is 3.82. The number of carbonyl (C=O) groups excluding carboxylic acids is 2. The van der Waals surface area contributed by atoms with Crippen LogP contribution in [0.2, 0.25) is 0 Å². The number of hydrogen-bond donors (Lipinski definition) is 1. The van der Waals surface area contributed by atoms with Crippen molar-refractivity contribution in [3.63, 3.8) is 0 Å². The van der Waals surface area contributed by atoms with E-state index < -0.39 is 5.97 Å². The highest BCUT2D eigenvalue weighted by Gasteiger charge is 2.13. The molecule has 0 radical (unpaired) electrons. The first kappa shape index (κ1) is 17.1. The van der Waals surface area contributed by atoms with Gasteiger partial charge in [-0.25, -0.2) is 4.79 Å². The highest BCUT2D eigenvalue weighted by molar-refractivity contribution is 8.00. The lowest BCUT2D eigenvalue weighted by Gasteiger charge is -2.11. The summed E-state index contributed by atoms with van der Waals surface area (Å²) in [5.74, 6) is -0.284. The largest absolute Gasteiger partial charge is 0.465 e. The van der Waals surface area contributed by atoms with Gasteiger partial charge in [-0.3, -0.25) is 4.79 Å². The van der Waals surface area contributed by atoms with E-state index in [4.69, 9.17) is 4.74 Å². The Bertz CT molecular complexity index is 728. The number of amides is 1. The molecule has 1 amide bonds. The van der Waals surface area contributed by atoms with E-state index in [0.29, 0.717) is 5.56 Å². The summed E-state index contributed by atoms with van der Waals surface area (Å²) in [5.41, 5.74) is 3.48. The standard InChI is InChI=1S/C18H19NO3S/c1-12-7-6-9-15(13(12)2)19-17(20)11-23-16-10-5-4-8-14(16)18(21)22-3/h4-10H,11H2,1-3H3,(H,19,20). The maximum atomic E-state index is 12.2. The van der Waals surface area contributed by atoms with E-state index in [1.54, 1.807) is 12.1 Å². The maximum Gasteiger partial charge on any atom is 0.338 e. The summed E-state index contributed by atoms with van der Waals surface area (Å²) >= 11 is 1.32. The van der Waals surface area contributed by atoms with Crippen molar-refractivity contribution >= 4 is 29.3 Å². The van der Waals surface area contributed by atoms with Crippen LogP contribution < -0.4 is 5.32 Å². The van der Waals surface area contributed by atoms with Gasteiger partial charge in [-0.2, -0.15) is 0 Å². The van der Waals surface area contributed by atoms with Crippen LogP contribution in [0.3, 0.4) is 0 Å². The van der Waals surface area contributed by atoms with Gasteiger partial charge in [-0.15, -0.1) is 11.8 Å². The van der Waals surface area contributed by atoms with Crippen LogP contribution in [0.15, 0.2) is 47.4 Å². The number of thioether (sulfide) groups is 1. The molecule has 0 aromatic heterocycles. The molecule has 5 heteroatoms. The number of ether oxygens (including phenoxy) is 1. The van der Waals surface area contributed by atoms with Crippen LogP contribution in [-0.2, 0) is 9.53 Å². The zero-order valence-electron chi connectivity index (χ0n) is 13.4. The Morgan fingerprint density at radius 2 is 1.83 bits per heavy atom. The Morgan fingerprint density at radius 3 is 2.57 bits per heavy atom. The molecule has 2 aromatic carbocycles. The van der Waals surface area contributed by atoms with Gasteiger partial charge in [0.05, 0.1) is 18.4 Å². The van der Waals surface area contributed by atoms with Crippen LogP contribution in [0, 0.1) is 13.8 Å². The average molecular weight is 329 g/mol. The fourth-order valence-electron chi connectivity index (χ4n) is 2.09. The summed E-state index contributed by atoms with van der Waals surface area (Å²) in [4.78, 5) is 24.6. The zero-order valence-corrected chi connectivity index (χ0v) is 14.2. The molecule has 0 atom stereocenters. The van der Waals surface area contributed by atoms with Gasteiger partial charge < -0.3 is 10.1 Å². The third-order valence-electron chi connectivity index (χ3n) is 3.53. The molecule has 0 saturated heterocycles. The van der Waals surface area contributed by atoms with E-state index in [1.807, 2.05) is 44.2 Å². The fourth-order valence-corrected chi connectivity index (χ4v) is 2.93. The Hall–Kier alpha value is -2.27. The predicted molar refractivity (Wildman–Crippen MR) is 93.1 cm³/mol. The zero-order chi connectivity index (χ0) is 16.8. The Labute approximate surface area is 140 Å². The Morgan fingerprint density at radius 1 is 1.09 bits per heavy atom. The van der Waals surface area contributed by atoms with Crippen molar-refractivity contribution in [3.8, 4) is 0 Å². The Balaban J connectivity index is 2.03. The number of esters is 1. The SMILES string of the molecule is COC(=O)c1ccccc1SCC(=O)Nc1cccc(C)c1C. The van der Waals surface area contributed by atoms with Crippen LogP contribution in [0.25, 0.3) is 0 Å². The molecule has 0 heterocycles. The first-order valence-corrected chi connectivity index (χ1v) is 8.17. The summed E-state index contributed by atoms with van der Waals surface area (Å²) < 4.78 is 4.76. The summed E-state index contributed by atoms with van der Waals surface area (Å²) in [6.45, 7) is 3.98. The quantitative estimate of drug-likeness (QED) is 0.669. The molecule has 0 fully saturated rings. The smallest absolute Gasteiger partial charge is 0.338 e. The van der Waals surface area contributed by atoms with Crippen molar-refractivity contribution in [3.05, 3.63) is 59.2 Å². The molecule has 0 aliphatic carbocycles. The number of rotatable bonds is 5. The summed E-state index contributed by atoms with van der Waals surface area (Å²) in [5, 5.41) is 2.91. The molecular formula is C18H19NO3S. The normalized spacial score (nSPS) is 10.2. The number of benzene rings is 2. The van der Waals surface area contributed by atoms with E-state index >= 15 is 0 Å². The van der Waals surface area contributed by atoms with Crippen molar-refractivity contribution in [1.82, 2.24) is 0 Å². The lowest BCUT2D eigenvalue weighted by molar-refractivity contribution is -0.113. The van der Waals surface area contributed by atoms with Gasteiger partial charge in [-0.1, -0.05) is 24.3 Å². The molecule has 23 heavy (non-hydrogen) atoms. The lowest BCUT2D eigenvalue weighted by Crippen LogP contribution is -2.15. The second-order valence-corrected chi connectivity index (χ2v) is 6.09. The van der Waals surface area contributed by atoms with E-state index in [9.17, 15) is 9.59 Å². The number of hydrogen-bond acceptors (Lipinski definition) is 4. The minimum absolute atomic E-state index is 0.108. The first-order chi connectivity index (χ1) is 11.0. The van der Waals surface area contributed by atoms with Crippen molar-refractivity contribution in [2.45, 2.75) is 18.7 Å². The summed E-state index contributed by atoms with van der Waals surface area (Å²) in [7, 11) is 1.34. The highest BCUT2D eigenvalue weighted by Crippen LogP contribution is 2.24. The number of aryl methyl sites for hydroxylation is 1. The topological polar surface area (TPSA) is 55.4 Å². The minimum atomic E-state index is -0.400. The number of anilines is 1. The van der Waals surface area contributed by atoms with Crippen LogP contribution in [0.5, 0.6) is 0 Å². The molecule has 0 saturated carbocycles. The molecule has 0 unspecified atom stereocenters. The minimum Gasteiger partial charge on any atom is -0.465 e. The molecule has 2 aromatic rings. The van der Waals surface area contributed by atoms with Gasteiger partial charge in [-0.05, 0) is 43.2 Å². The molecular weight excluding hydrogens is 310 g/mol. The molecule has 120 valence electrons. The van der Waals surface area contributed by atoms with Crippen LogP contribution in [-0.4, -0.2) is 24.7 Å². The highest BCUT2D eigenvalue weighted by atomic mass is 32.2. The van der Waals surface area contributed by atoms with Gasteiger partial charge in [0.1, 0.15) is 0 Å². The molecule has 0 aliphatic heterocycles. The second-order valence-electron chi connectivity index (χ2n) is 5.07. The third-order valence-corrected chi connectivity index (χ3v) is 4.60. The third kappa shape index (κ3) is 4.36. The fraction of sp³-hybridized carbons (Fsp3) is 0.222. The van der Waals surface area contributed by atoms with Gasteiger partial charge >= 0.3 is 5.97 Å². The molecule has 0 bridgehead atoms. The molecule has 4 nitrogen and oxygen atoms in total. The number of carbonyl (C=O) groups is 2. The molecule has 1 N–H and O–H groups in total. The van der Waals surface area contributed by atoms with E-state index in [-0.39, 0.29) is 11.7 Å². The first-order valence-electron chi connectivity index (χ1n) is 7.19. The molecule has 2 rings (SSSR count). The van der Waals surface area contributed by atoms with E-state index in [0.717, 1.165) is 21.7 Å². The summed E-state index contributed by atoms with van der Waals surface area (Å²) in [6, 6.07) is 12.9. The van der Waals surface area contributed by atoms with Crippen molar-refractivity contribution in [2.24, 2.45) is 0 Å². The van der Waals surface area contributed by atoms with Crippen LogP contribution >= 0.6 is 11.8 Å². The van der Waals surface area contributed by atoms with Crippen molar-refractivity contribution in [1.29, 1.82) is 0 Å².